The van der Waals surface area contributed by atoms with Crippen molar-refractivity contribution in [1.29, 1.82) is 5.26 Å². The first-order chi connectivity index (χ1) is 6.74. The van der Waals surface area contributed by atoms with Crippen LogP contribution >= 0.6 is 0 Å². The van der Waals surface area contributed by atoms with Crippen molar-refractivity contribution >= 4 is 5.97 Å². The Labute approximate surface area is 83.9 Å². The molecule has 0 amide bonds. The summed E-state index contributed by atoms with van der Waals surface area (Å²) in [6, 6.07) is 1.73. The molecule has 78 valence electrons. The first-order valence-electron chi connectivity index (χ1n) is 5.07. The topological polar surface area (TPSA) is 73.1 Å². The number of carboxylic acid groups (broad SMARTS) is 1. The molecule has 2 atom stereocenters. The van der Waals surface area contributed by atoms with E-state index in [1.165, 1.54) is 0 Å². The van der Waals surface area contributed by atoms with Crippen LogP contribution in [0.15, 0.2) is 0 Å². The number of nitriles is 1. The lowest BCUT2D eigenvalue weighted by molar-refractivity contribution is -0.140. The predicted octanol–water partition coefficient (Wildman–Crippen LogP) is 1.13. The van der Waals surface area contributed by atoms with Crippen molar-refractivity contribution in [2.75, 3.05) is 6.54 Å². The Bertz CT molecular complexity index is 235. The molecule has 1 aliphatic rings. The van der Waals surface area contributed by atoms with Gasteiger partial charge in [0.2, 0.25) is 0 Å². The van der Waals surface area contributed by atoms with E-state index in [9.17, 15) is 4.79 Å². The highest BCUT2D eigenvalue weighted by atomic mass is 16.4. The molecule has 14 heavy (non-hydrogen) atoms. The number of aliphatic carboxylic acids is 1. The van der Waals surface area contributed by atoms with Crippen LogP contribution in [0.25, 0.3) is 0 Å². The molecule has 0 aromatic carbocycles. The smallest absolute Gasteiger partial charge is 0.320 e. The van der Waals surface area contributed by atoms with Gasteiger partial charge in [-0.05, 0) is 38.1 Å². The Hall–Kier alpha value is -1.08. The maximum atomic E-state index is 10.7. The van der Waals surface area contributed by atoms with Crippen LogP contribution in [0.2, 0.25) is 0 Å². The number of nitrogens with one attached hydrogen (secondary N) is 1. The van der Waals surface area contributed by atoms with Crippen LogP contribution in [0, 0.1) is 17.2 Å². The summed E-state index contributed by atoms with van der Waals surface area (Å²) in [4.78, 5) is 10.7. The van der Waals surface area contributed by atoms with E-state index in [1.807, 2.05) is 0 Å². The Balaban J connectivity index is 2.26. The number of hydrogen-bond donors (Lipinski definition) is 2. The predicted molar refractivity (Wildman–Crippen MR) is 51.6 cm³/mol. The highest BCUT2D eigenvalue weighted by molar-refractivity contribution is 5.73. The highest BCUT2D eigenvalue weighted by Gasteiger charge is 2.25. The van der Waals surface area contributed by atoms with Gasteiger partial charge in [0.25, 0.3) is 0 Å². The minimum absolute atomic E-state index is 0.379. The molecule has 4 nitrogen and oxygen atoms in total. The number of unbranched alkanes of at least 4 members (excludes halogenated alkanes) is 1. The minimum atomic E-state index is -0.755. The monoisotopic (exact) mass is 196 g/mol. The molecule has 1 fully saturated rings. The number of nitrogens with zero attached hydrogens (tertiary/aromatic N) is 1. The van der Waals surface area contributed by atoms with Crippen LogP contribution in [-0.4, -0.2) is 23.7 Å². The summed E-state index contributed by atoms with van der Waals surface area (Å²) in [5.41, 5.74) is 0. The van der Waals surface area contributed by atoms with Gasteiger partial charge in [0, 0.05) is 6.42 Å². The van der Waals surface area contributed by atoms with Crippen molar-refractivity contribution in [2.24, 2.45) is 5.92 Å². The highest BCUT2D eigenvalue weighted by Crippen LogP contribution is 2.21. The van der Waals surface area contributed by atoms with Gasteiger partial charge in [-0.15, -0.1) is 0 Å². The Morgan fingerprint density at radius 3 is 3.07 bits per heavy atom. The van der Waals surface area contributed by atoms with Crippen molar-refractivity contribution < 1.29 is 9.90 Å². The maximum absolute atomic E-state index is 10.7. The summed E-state index contributed by atoms with van der Waals surface area (Å²) in [6.45, 7) is 0.786. The summed E-state index contributed by atoms with van der Waals surface area (Å²) in [6.07, 6.45) is 4.21. The standard InChI is InChI=1S/C10H16N2O2/c11-5-2-1-3-8-4-6-12-9(7-8)10(13)14/h8-9,12H,1-4,6-7H2,(H,13,14). The van der Waals surface area contributed by atoms with E-state index >= 15 is 0 Å². The van der Waals surface area contributed by atoms with E-state index in [0.717, 1.165) is 25.8 Å². The van der Waals surface area contributed by atoms with Crippen LogP contribution in [0.4, 0.5) is 0 Å². The van der Waals surface area contributed by atoms with E-state index in [1.54, 1.807) is 0 Å². The fourth-order valence-corrected chi connectivity index (χ4v) is 1.92. The van der Waals surface area contributed by atoms with E-state index in [2.05, 4.69) is 11.4 Å². The lowest BCUT2D eigenvalue weighted by Crippen LogP contribution is -2.43. The molecule has 2 unspecified atom stereocenters. The molecule has 0 bridgehead atoms. The van der Waals surface area contributed by atoms with Crippen molar-refractivity contribution in [1.82, 2.24) is 5.32 Å². The summed E-state index contributed by atoms with van der Waals surface area (Å²) in [5.74, 6) is -0.277. The Morgan fingerprint density at radius 1 is 1.64 bits per heavy atom. The van der Waals surface area contributed by atoms with Crippen molar-refractivity contribution in [3.05, 3.63) is 0 Å². The molecule has 4 heteroatoms. The molecule has 0 aliphatic carbocycles. The number of carboxylic acids is 1. The Morgan fingerprint density at radius 2 is 2.43 bits per heavy atom. The van der Waals surface area contributed by atoms with Gasteiger partial charge < -0.3 is 10.4 Å². The zero-order chi connectivity index (χ0) is 10.4. The minimum Gasteiger partial charge on any atom is -0.480 e. The molecular weight excluding hydrogens is 180 g/mol. The van der Waals surface area contributed by atoms with Crippen LogP contribution in [-0.2, 0) is 4.79 Å². The molecule has 0 radical (unpaired) electrons. The second-order valence-electron chi connectivity index (χ2n) is 3.79. The third-order valence-electron chi connectivity index (χ3n) is 2.71. The van der Waals surface area contributed by atoms with Crippen molar-refractivity contribution in [3.8, 4) is 6.07 Å². The largest absolute Gasteiger partial charge is 0.480 e. The van der Waals surface area contributed by atoms with Gasteiger partial charge in [-0.1, -0.05) is 0 Å². The first kappa shape index (κ1) is 11.0. The second-order valence-corrected chi connectivity index (χ2v) is 3.79. The zero-order valence-corrected chi connectivity index (χ0v) is 8.20. The molecule has 0 aromatic rings. The van der Waals surface area contributed by atoms with Crippen molar-refractivity contribution in [3.63, 3.8) is 0 Å². The molecule has 1 saturated heterocycles. The van der Waals surface area contributed by atoms with Crippen LogP contribution < -0.4 is 5.32 Å². The second kappa shape index (κ2) is 5.61. The van der Waals surface area contributed by atoms with Crippen LogP contribution in [0.5, 0.6) is 0 Å². The van der Waals surface area contributed by atoms with Crippen LogP contribution in [0.3, 0.4) is 0 Å². The molecular formula is C10H16N2O2. The van der Waals surface area contributed by atoms with Gasteiger partial charge in [0.15, 0.2) is 0 Å². The summed E-state index contributed by atoms with van der Waals surface area (Å²) < 4.78 is 0. The lowest BCUT2D eigenvalue weighted by atomic mass is 9.88. The Kier molecular flexibility index (Phi) is 4.41. The molecule has 1 aliphatic heterocycles. The molecule has 0 aromatic heterocycles. The van der Waals surface area contributed by atoms with E-state index in [4.69, 9.17) is 10.4 Å². The maximum Gasteiger partial charge on any atom is 0.320 e. The molecule has 0 saturated carbocycles. The summed E-state index contributed by atoms with van der Waals surface area (Å²) in [5, 5.41) is 20.2. The van der Waals surface area contributed by atoms with Gasteiger partial charge in [-0.2, -0.15) is 5.26 Å². The first-order valence-corrected chi connectivity index (χ1v) is 5.07. The average molecular weight is 196 g/mol. The van der Waals surface area contributed by atoms with Gasteiger partial charge in [0.05, 0.1) is 6.07 Å². The molecule has 2 N–H and O–H groups in total. The van der Waals surface area contributed by atoms with Crippen LogP contribution in [0.1, 0.15) is 32.1 Å². The van der Waals surface area contributed by atoms with Gasteiger partial charge >= 0.3 is 5.97 Å². The quantitative estimate of drug-likeness (QED) is 0.661. The lowest BCUT2D eigenvalue weighted by Gasteiger charge is -2.27. The average Bonchev–Trinajstić information content (AvgIpc) is 2.19. The number of hydrogen-bond acceptors (Lipinski definition) is 3. The van der Waals surface area contributed by atoms with Gasteiger partial charge in [-0.25, -0.2) is 0 Å². The van der Waals surface area contributed by atoms with E-state index < -0.39 is 5.97 Å². The fourth-order valence-electron chi connectivity index (χ4n) is 1.92. The third-order valence-corrected chi connectivity index (χ3v) is 2.71. The van der Waals surface area contributed by atoms with Crippen molar-refractivity contribution in [2.45, 2.75) is 38.1 Å². The number of rotatable bonds is 4. The van der Waals surface area contributed by atoms with Gasteiger partial charge in [0.1, 0.15) is 6.04 Å². The zero-order valence-electron chi connectivity index (χ0n) is 8.20. The molecule has 0 spiro atoms. The SMILES string of the molecule is N#CCCCC1CCNC(C(=O)O)C1. The van der Waals surface area contributed by atoms with Gasteiger partial charge in [-0.3, -0.25) is 4.79 Å². The van der Waals surface area contributed by atoms with E-state index in [0.29, 0.717) is 18.8 Å². The molecule has 1 heterocycles. The third kappa shape index (κ3) is 3.35. The van der Waals surface area contributed by atoms with E-state index in [-0.39, 0.29) is 6.04 Å². The normalized spacial score (nSPS) is 26.8. The summed E-state index contributed by atoms with van der Waals surface area (Å²) in [7, 11) is 0. The molecule has 1 rings (SSSR count). The number of piperidine rings is 1. The number of carbonyl (C=O) groups is 1. The fraction of sp³-hybridized carbons (Fsp3) is 0.800. The summed E-state index contributed by atoms with van der Waals surface area (Å²) >= 11 is 0.